The molecule has 0 amide bonds. The number of nitrogens with one attached hydrogen (secondary N) is 4. The van der Waals surface area contributed by atoms with Gasteiger partial charge < -0.3 is 144 Å². The summed E-state index contributed by atoms with van der Waals surface area (Å²) in [6.45, 7) is 19.3. The average Bonchev–Trinajstić information content (AvgIpc) is 0.819. The van der Waals surface area contributed by atoms with Crippen LogP contribution in [0.5, 0.6) is 23.0 Å². The van der Waals surface area contributed by atoms with Crippen molar-refractivity contribution in [3.63, 3.8) is 0 Å². The van der Waals surface area contributed by atoms with Crippen molar-refractivity contribution in [2.45, 2.75) is 38.5 Å². The highest BCUT2D eigenvalue weighted by Gasteiger charge is 2.21. The van der Waals surface area contributed by atoms with E-state index in [4.69, 9.17) is 143 Å². The minimum Gasteiger partial charge on any atom is -0.491 e. The van der Waals surface area contributed by atoms with Crippen LogP contribution in [-0.4, -0.2) is 348 Å². The minimum absolute atomic E-state index is 0.00188. The van der Waals surface area contributed by atoms with E-state index in [1.807, 2.05) is 48.5 Å². The summed E-state index contributed by atoms with van der Waals surface area (Å²) in [5.74, 6) is 3.12. The highest BCUT2D eigenvalue weighted by atomic mass is 32.2. The molecule has 2 unspecified atom stereocenters. The zero-order valence-corrected chi connectivity index (χ0v) is 72.2. The van der Waals surface area contributed by atoms with Gasteiger partial charge in [-0.2, -0.15) is 38.3 Å². The van der Waals surface area contributed by atoms with Crippen molar-refractivity contribution < 1.29 is 131 Å². The fourth-order valence-corrected chi connectivity index (χ4v) is 12.1. The van der Waals surface area contributed by atoms with E-state index in [-0.39, 0.29) is 48.5 Å². The molecule has 2 aromatic heterocycles. The molecule has 0 aliphatic carbocycles. The van der Waals surface area contributed by atoms with E-state index in [0.717, 1.165) is 64.7 Å². The number of rotatable bonds is 76. The molecule has 2 aliphatic heterocycles. The maximum absolute atomic E-state index is 12.3. The number of aliphatic hydroxyl groups is 2. The molecule has 8 rings (SSSR count). The van der Waals surface area contributed by atoms with Crippen molar-refractivity contribution in [2.24, 2.45) is 0 Å². The van der Waals surface area contributed by atoms with Gasteiger partial charge in [0, 0.05) is 72.2 Å². The van der Waals surface area contributed by atoms with Gasteiger partial charge in [-0.1, -0.05) is 12.2 Å². The predicted octanol–water partition coefficient (Wildman–Crippen LogP) is 7.25. The highest BCUT2D eigenvalue weighted by Crippen LogP contribution is 2.33. The molecule has 0 radical (unpaired) electrons. The number of aromatic nitrogens is 6. The van der Waals surface area contributed by atoms with E-state index < -0.39 is 22.7 Å². The second-order valence-corrected chi connectivity index (χ2v) is 28.0. The first kappa shape index (κ1) is 101. The second kappa shape index (κ2) is 66.5. The third-order valence-electron chi connectivity index (χ3n) is 17.5. The highest BCUT2D eigenvalue weighted by molar-refractivity contribution is 7.74. The van der Waals surface area contributed by atoms with Crippen molar-refractivity contribution in [2.75, 3.05) is 322 Å². The summed E-state index contributed by atoms with van der Waals surface area (Å²) in [6, 6.07) is 24.5. The maximum Gasteiger partial charge on any atom is 0.357 e. The van der Waals surface area contributed by atoms with Crippen molar-refractivity contribution >= 4 is 93.3 Å². The predicted molar refractivity (Wildman–Crippen MR) is 462 cm³/mol. The van der Waals surface area contributed by atoms with E-state index in [9.17, 15) is 17.5 Å². The van der Waals surface area contributed by atoms with Crippen molar-refractivity contribution in [3.05, 3.63) is 96.1 Å². The van der Waals surface area contributed by atoms with Crippen LogP contribution in [0.2, 0.25) is 0 Å². The van der Waals surface area contributed by atoms with Crippen LogP contribution < -0.4 is 48.9 Å². The molecule has 42 heteroatoms. The number of aliphatic hydroxyl groups excluding tert-OH is 2. The molecule has 2 aliphatic rings. The summed E-state index contributed by atoms with van der Waals surface area (Å²) in [6.07, 6.45) is 9.27. The summed E-state index contributed by atoms with van der Waals surface area (Å²) in [7, 11) is 0. The van der Waals surface area contributed by atoms with Gasteiger partial charge in [0.1, 0.15) is 24.7 Å². The molecule has 124 heavy (non-hydrogen) atoms. The number of hydrogen-bond donors (Lipinski definition) is 8. The van der Waals surface area contributed by atoms with Crippen molar-refractivity contribution in [1.29, 1.82) is 0 Å². The van der Waals surface area contributed by atoms with Gasteiger partial charge in [0.05, 0.1) is 251 Å². The van der Waals surface area contributed by atoms with Gasteiger partial charge in [-0.3, -0.25) is 9.11 Å². The first-order valence-corrected chi connectivity index (χ1v) is 43.9. The third-order valence-corrected chi connectivity index (χ3v) is 18.1. The molecule has 692 valence electrons. The van der Waals surface area contributed by atoms with E-state index >= 15 is 0 Å². The molecule has 0 saturated carbocycles. The SMILES string of the molecule is O=S(O)Oc1cc(Nc2nc(Nc3ccc(OCCOCCOCCOCCOCCOCCOCCOCCOCCOCCO)cc3)nc(N3CCCCC3)n2)ccc1/C=C/c1ccc(Nc2nc(Nc3ccc(OCCOCCOCCOCCOCCOCCOCCOCCOCCOCCO)cc3)nc(N3CCCCC3)n2)cc1OS(=O)O. The molecule has 40 nitrogen and oxygen atoms in total. The Morgan fingerprint density at radius 1 is 0.282 bits per heavy atom. The van der Waals surface area contributed by atoms with Crippen LogP contribution in [0.25, 0.3) is 12.2 Å². The Hall–Kier alpha value is -7.94. The van der Waals surface area contributed by atoms with Gasteiger partial charge in [0.2, 0.25) is 35.7 Å². The first-order chi connectivity index (χ1) is 61.2. The lowest BCUT2D eigenvalue weighted by Crippen LogP contribution is -2.31. The van der Waals surface area contributed by atoms with E-state index in [2.05, 4.69) is 31.1 Å². The fraction of sp³-hybridized carbons (Fsp3) is 0.610. The summed E-state index contributed by atoms with van der Waals surface area (Å²) >= 11 is -5.49. The molecule has 2 fully saturated rings. The van der Waals surface area contributed by atoms with E-state index in [1.54, 1.807) is 36.4 Å². The fourth-order valence-electron chi connectivity index (χ4n) is 11.5. The van der Waals surface area contributed by atoms with Gasteiger partial charge in [-0.25, -0.2) is 0 Å². The standard InChI is InChI=1S/C82H124N12O28S2/c95-25-27-101-29-31-103-33-35-105-37-39-107-41-43-109-45-47-111-49-51-113-53-55-115-57-59-117-61-63-119-73-17-13-69(14-18-73)83-77-87-79(91-81(89-77)93-21-3-1-4-22-93)85-71-11-9-67(75(65-71)121-123(97)98)7-8-68-10-12-72(66-76(68)122-124(99)100)86-80-88-78(90-82(92-80)94-23-5-2-6-24-94)84-70-15-19-74(20-16-70)120-64-62-118-60-58-116-56-54-114-52-50-112-48-46-110-44-42-108-40-38-106-36-34-104-32-30-102-28-26-96/h7-20,65-66,95-96H,1-6,21-64H2,(H,97,98)(H,99,100)(H2,83,85,87,89,91)(H2,84,86,88,90,92)/b8-7+. The Labute approximate surface area is 729 Å². The average molecular weight is 1790 g/mol. The van der Waals surface area contributed by atoms with Crippen LogP contribution in [0.3, 0.4) is 0 Å². The lowest BCUT2D eigenvalue weighted by Gasteiger charge is -2.27. The van der Waals surface area contributed by atoms with E-state index in [1.165, 1.54) is 12.1 Å². The summed E-state index contributed by atoms with van der Waals surface area (Å²) in [5.41, 5.74) is 2.94. The molecule has 2 atom stereocenters. The molecule has 0 spiro atoms. The molecule has 6 aromatic rings. The smallest absolute Gasteiger partial charge is 0.357 e. The monoisotopic (exact) mass is 1790 g/mol. The summed E-state index contributed by atoms with van der Waals surface area (Å²) < 4.78 is 166. The molecule has 4 aromatic carbocycles. The van der Waals surface area contributed by atoms with Crippen LogP contribution >= 0.6 is 0 Å². The zero-order valence-electron chi connectivity index (χ0n) is 70.6. The summed E-state index contributed by atoms with van der Waals surface area (Å²) in [5, 5.41) is 30.4. The normalized spacial score (nSPS) is 13.5. The largest absolute Gasteiger partial charge is 0.491 e. The van der Waals surface area contributed by atoms with Gasteiger partial charge in [0.25, 0.3) is 0 Å². The Morgan fingerprint density at radius 3 is 0.734 bits per heavy atom. The Kier molecular flexibility index (Phi) is 54.4. The molecular formula is C82H124N12O28S2. The van der Waals surface area contributed by atoms with Crippen LogP contribution in [0.1, 0.15) is 49.7 Å². The number of benzene rings is 4. The van der Waals surface area contributed by atoms with Crippen molar-refractivity contribution in [3.8, 4) is 23.0 Å². The molecular weight excluding hydrogens is 1670 g/mol. The topological polar surface area (TPSA) is 450 Å². The summed E-state index contributed by atoms with van der Waals surface area (Å²) in [4.78, 5) is 32.8. The zero-order chi connectivity index (χ0) is 86.8. The number of ether oxygens (including phenoxy) is 20. The number of anilines is 10. The van der Waals surface area contributed by atoms with Gasteiger partial charge in [-0.15, -0.1) is 0 Å². The second-order valence-electron chi connectivity index (χ2n) is 26.8. The Bertz CT molecular complexity index is 3580. The van der Waals surface area contributed by atoms with Gasteiger partial charge >= 0.3 is 22.7 Å². The van der Waals surface area contributed by atoms with Gasteiger partial charge in [0.15, 0.2) is 11.5 Å². The molecule has 8 N–H and O–H groups in total. The number of hydrogen-bond acceptors (Lipinski definition) is 38. The van der Waals surface area contributed by atoms with Crippen LogP contribution in [0, 0.1) is 0 Å². The van der Waals surface area contributed by atoms with Crippen LogP contribution in [0.15, 0.2) is 84.9 Å². The minimum atomic E-state index is -2.74. The lowest BCUT2D eigenvalue weighted by molar-refractivity contribution is -0.0258. The first-order valence-electron chi connectivity index (χ1n) is 41.9. The number of nitrogens with zero attached hydrogens (tertiary/aromatic N) is 8. The Morgan fingerprint density at radius 2 is 0.500 bits per heavy atom. The molecule has 4 heterocycles. The van der Waals surface area contributed by atoms with Gasteiger partial charge in [-0.05, 0) is 111 Å². The lowest BCUT2D eigenvalue weighted by atomic mass is 10.1. The quantitative estimate of drug-likeness (QED) is 0.0106. The Balaban J connectivity index is 0.715. The van der Waals surface area contributed by atoms with Crippen LogP contribution in [-0.2, 0) is 108 Å². The maximum atomic E-state index is 12.3. The van der Waals surface area contributed by atoms with E-state index in [0.29, 0.717) is 308 Å². The van der Waals surface area contributed by atoms with Crippen LogP contribution in [0.4, 0.5) is 58.4 Å². The number of piperidine rings is 2. The molecule has 2 saturated heterocycles. The molecule has 0 bridgehead atoms. The van der Waals surface area contributed by atoms with Crippen molar-refractivity contribution in [1.82, 2.24) is 29.9 Å². The third kappa shape index (κ3) is 46.5.